The second-order valence-corrected chi connectivity index (χ2v) is 4.94. The second kappa shape index (κ2) is 5.50. The Balaban J connectivity index is 2.09. The Morgan fingerprint density at radius 1 is 1.40 bits per heavy atom. The van der Waals surface area contributed by atoms with E-state index in [2.05, 4.69) is 15.5 Å². The highest BCUT2D eigenvalue weighted by molar-refractivity contribution is 5.47. The van der Waals surface area contributed by atoms with Crippen molar-refractivity contribution in [2.75, 3.05) is 20.2 Å². The van der Waals surface area contributed by atoms with Crippen molar-refractivity contribution in [1.82, 2.24) is 20.1 Å². The minimum Gasteiger partial charge on any atom is -0.495 e. The van der Waals surface area contributed by atoms with Gasteiger partial charge in [0.25, 0.3) is 0 Å². The number of aromatic amines is 1. The van der Waals surface area contributed by atoms with Crippen molar-refractivity contribution < 1.29 is 4.74 Å². The quantitative estimate of drug-likeness (QED) is 0.877. The van der Waals surface area contributed by atoms with Gasteiger partial charge in [0, 0.05) is 12.5 Å². The van der Waals surface area contributed by atoms with Crippen molar-refractivity contribution in [3.8, 4) is 11.4 Å². The Labute approximate surface area is 116 Å². The lowest BCUT2D eigenvalue weighted by Gasteiger charge is -2.22. The minimum atomic E-state index is -0.227. The molecule has 1 aromatic heterocycles. The molecule has 1 saturated heterocycles. The Kier molecular flexibility index (Phi) is 3.56. The van der Waals surface area contributed by atoms with E-state index in [1.165, 1.54) is 0 Å². The number of rotatable bonds is 3. The molecule has 2 N–H and O–H groups in total. The van der Waals surface area contributed by atoms with Crippen LogP contribution in [0.1, 0.15) is 24.6 Å². The molecule has 1 aliphatic heterocycles. The van der Waals surface area contributed by atoms with E-state index < -0.39 is 0 Å². The van der Waals surface area contributed by atoms with Gasteiger partial charge in [0.15, 0.2) is 0 Å². The third kappa shape index (κ3) is 2.22. The Bertz CT molecular complexity index is 641. The summed E-state index contributed by atoms with van der Waals surface area (Å²) in [5, 5.41) is 10.1. The topological polar surface area (TPSA) is 71.9 Å². The molecular weight excluding hydrogens is 256 g/mol. The summed E-state index contributed by atoms with van der Waals surface area (Å²) in [6, 6.07) is 7.49. The third-order valence-electron chi connectivity index (χ3n) is 3.69. The van der Waals surface area contributed by atoms with Crippen LogP contribution in [0, 0.1) is 0 Å². The highest BCUT2D eigenvalue weighted by atomic mass is 16.5. The van der Waals surface area contributed by atoms with Gasteiger partial charge in [-0.2, -0.15) is 5.10 Å². The number of benzene rings is 1. The zero-order chi connectivity index (χ0) is 13.9. The van der Waals surface area contributed by atoms with E-state index >= 15 is 0 Å². The predicted molar refractivity (Wildman–Crippen MR) is 75.6 cm³/mol. The van der Waals surface area contributed by atoms with Gasteiger partial charge in [0.2, 0.25) is 0 Å². The summed E-state index contributed by atoms with van der Waals surface area (Å²) >= 11 is 0. The van der Waals surface area contributed by atoms with Gasteiger partial charge >= 0.3 is 5.69 Å². The average molecular weight is 274 g/mol. The average Bonchev–Trinajstić information content (AvgIpc) is 2.89. The van der Waals surface area contributed by atoms with E-state index in [0.29, 0.717) is 5.75 Å². The number of hydrogen-bond donors (Lipinski definition) is 2. The van der Waals surface area contributed by atoms with Crippen molar-refractivity contribution >= 4 is 0 Å². The van der Waals surface area contributed by atoms with Gasteiger partial charge in [0.05, 0.1) is 12.8 Å². The smallest absolute Gasteiger partial charge is 0.348 e. The van der Waals surface area contributed by atoms with E-state index in [9.17, 15) is 4.79 Å². The fourth-order valence-corrected chi connectivity index (χ4v) is 2.70. The van der Waals surface area contributed by atoms with Gasteiger partial charge in [-0.05, 0) is 31.5 Å². The highest BCUT2D eigenvalue weighted by Crippen LogP contribution is 2.26. The molecule has 1 aromatic carbocycles. The number of nitrogens with one attached hydrogen (secondary N) is 2. The fraction of sp³-hybridized carbons (Fsp3) is 0.429. The molecule has 1 unspecified atom stereocenters. The van der Waals surface area contributed by atoms with Crippen LogP contribution in [0.2, 0.25) is 0 Å². The predicted octanol–water partition coefficient (Wildman–Crippen LogP) is 1.04. The van der Waals surface area contributed by atoms with Gasteiger partial charge in [-0.3, -0.25) is 0 Å². The molecule has 6 heteroatoms. The monoisotopic (exact) mass is 274 g/mol. The van der Waals surface area contributed by atoms with Crippen LogP contribution in [-0.4, -0.2) is 35.0 Å². The molecule has 0 saturated carbocycles. The van der Waals surface area contributed by atoms with Crippen LogP contribution in [0.25, 0.3) is 5.69 Å². The largest absolute Gasteiger partial charge is 0.495 e. The second-order valence-electron chi connectivity index (χ2n) is 4.94. The summed E-state index contributed by atoms with van der Waals surface area (Å²) in [5.41, 5.74) is 0.504. The maximum atomic E-state index is 12.1. The van der Waals surface area contributed by atoms with Gasteiger partial charge in [0.1, 0.15) is 11.6 Å². The van der Waals surface area contributed by atoms with Crippen LogP contribution < -0.4 is 15.7 Å². The van der Waals surface area contributed by atoms with Crippen molar-refractivity contribution in [2.24, 2.45) is 0 Å². The van der Waals surface area contributed by atoms with Crippen molar-refractivity contribution in [3.05, 3.63) is 40.6 Å². The standard InChI is InChI=1S/C14H18N4O2/c1-20-12-7-3-2-6-11(12)18-13(16-17-14(18)19)10-5-4-8-15-9-10/h2-3,6-7,10,15H,4-5,8-9H2,1H3,(H,17,19). The molecule has 2 aromatic rings. The number of para-hydroxylation sites is 2. The summed E-state index contributed by atoms with van der Waals surface area (Å²) in [4.78, 5) is 12.1. The molecular formula is C14H18N4O2. The van der Waals surface area contributed by atoms with E-state index in [-0.39, 0.29) is 11.6 Å². The van der Waals surface area contributed by atoms with Gasteiger partial charge < -0.3 is 10.1 Å². The number of methoxy groups -OCH3 is 1. The lowest BCUT2D eigenvalue weighted by atomic mass is 9.99. The number of ether oxygens (including phenoxy) is 1. The number of H-pyrrole nitrogens is 1. The zero-order valence-electron chi connectivity index (χ0n) is 11.4. The fourth-order valence-electron chi connectivity index (χ4n) is 2.70. The summed E-state index contributed by atoms with van der Waals surface area (Å²) in [6.45, 7) is 1.87. The number of piperidine rings is 1. The molecule has 0 aliphatic carbocycles. The maximum absolute atomic E-state index is 12.1. The molecule has 3 rings (SSSR count). The molecule has 6 nitrogen and oxygen atoms in total. The van der Waals surface area contributed by atoms with Crippen LogP contribution in [-0.2, 0) is 0 Å². The van der Waals surface area contributed by atoms with Crippen molar-refractivity contribution in [2.45, 2.75) is 18.8 Å². The minimum absolute atomic E-state index is 0.227. The van der Waals surface area contributed by atoms with E-state index in [1.54, 1.807) is 11.7 Å². The summed E-state index contributed by atoms with van der Waals surface area (Å²) in [7, 11) is 1.60. The van der Waals surface area contributed by atoms with Crippen molar-refractivity contribution in [1.29, 1.82) is 0 Å². The summed E-state index contributed by atoms with van der Waals surface area (Å²) in [6.07, 6.45) is 2.13. The molecule has 0 spiro atoms. The molecule has 1 fully saturated rings. The van der Waals surface area contributed by atoms with Crippen molar-refractivity contribution in [3.63, 3.8) is 0 Å². The van der Waals surface area contributed by atoms with Gasteiger partial charge in [-0.25, -0.2) is 14.5 Å². The van der Waals surface area contributed by atoms with Crippen LogP contribution in [0.15, 0.2) is 29.1 Å². The molecule has 1 aliphatic rings. The number of hydrogen-bond acceptors (Lipinski definition) is 4. The molecule has 0 radical (unpaired) electrons. The van der Waals surface area contributed by atoms with Crippen LogP contribution in [0.3, 0.4) is 0 Å². The van der Waals surface area contributed by atoms with E-state index in [1.807, 2.05) is 24.3 Å². The van der Waals surface area contributed by atoms with Gasteiger partial charge in [-0.1, -0.05) is 12.1 Å². The lowest BCUT2D eigenvalue weighted by Crippen LogP contribution is -2.31. The van der Waals surface area contributed by atoms with E-state index in [4.69, 9.17) is 4.74 Å². The Morgan fingerprint density at radius 2 is 2.25 bits per heavy atom. The molecule has 0 bridgehead atoms. The zero-order valence-corrected chi connectivity index (χ0v) is 11.4. The van der Waals surface area contributed by atoms with Crippen LogP contribution in [0.5, 0.6) is 5.75 Å². The lowest BCUT2D eigenvalue weighted by molar-refractivity contribution is 0.409. The van der Waals surface area contributed by atoms with Gasteiger partial charge in [-0.15, -0.1) is 0 Å². The Morgan fingerprint density at radius 3 is 3.00 bits per heavy atom. The first-order chi connectivity index (χ1) is 9.81. The molecule has 106 valence electrons. The normalized spacial score (nSPS) is 18.9. The first-order valence-electron chi connectivity index (χ1n) is 6.82. The number of aromatic nitrogens is 3. The van der Waals surface area contributed by atoms with Crippen LogP contribution >= 0.6 is 0 Å². The molecule has 0 amide bonds. The van der Waals surface area contributed by atoms with E-state index in [0.717, 1.165) is 37.4 Å². The first-order valence-corrected chi connectivity index (χ1v) is 6.82. The molecule has 2 heterocycles. The Hall–Kier alpha value is -2.08. The third-order valence-corrected chi connectivity index (χ3v) is 3.69. The highest BCUT2D eigenvalue weighted by Gasteiger charge is 2.23. The SMILES string of the molecule is COc1ccccc1-n1c(C2CCCNC2)n[nH]c1=O. The summed E-state index contributed by atoms with van der Waals surface area (Å²) in [5.74, 6) is 1.68. The number of nitrogens with zero attached hydrogens (tertiary/aromatic N) is 2. The van der Waals surface area contributed by atoms with Crippen LogP contribution in [0.4, 0.5) is 0 Å². The first kappa shape index (κ1) is 12.9. The summed E-state index contributed by atoms with van der Waals surface area (Å²) < 4.78 is 6.97. The molecule has 1 atom stereocenters. The molecule has 20 heavy (non-hydrogen) atoms. The maximum Gasteiger partial charge on any atom is 0.348 e.